The molecule has 1 aromatic heterocycles. The number of nitrogens with zero attached hydrogens (tertiary/aromatic N) is 2. The predicted octanol–water partition coefficient (Wildman–Crippen LogP) is 2.12. The molecule has 0 amide bonds. The van der Waals surface area contributed by atoms with E-state index in [9.17, 15) is 13.6 Å². The minimum Gasteiger partial charge on any atom is -0.465 e. The molecule has 0 bridgehead atoms. The van der Waals surface area contributed by atoms with E-state index in [1.165, 1.54) is 12.4 Å². The third-order valence-corrected chi connectivity index (χ3v) is 2.44. The Morgan fingerprint density at radius 1 is 1.39 bits per heavy atom. The van der Waals surface area contributed by atoms with E-state index in [0.717, 1.165) is 0 Å². The van der Waals surface area contributed by atoms with E-state index in [1.807, 2.05) is 0 Å². The lowest BCUT2D eigenvalue weighted by atomic mass is 9.92. The number of halogens is 2. The number of esters is 1. The van der Waals surface area contributed by atoms with Gasteiger partial charge in [0.2, 0.25) is 6.43 Å². The van der Waals surface area contributed by atoms with Gasteiger partial charge >= 0.3 is 5.97 Å². The molecule has 0 aliphatic rings. The molecular weight excluding hydrogens is 242 g/mol. The molecule has 0 aliphatic carbocycles. The topological polar surface area (TPSA) is 52.1 Å². The SMILES string of the molecule is CCOC(=O)C(C)(C)c1ncc(CC(F)F)cn1. The number of alkyl halides is 2. The largest absolute Gasteiger partial charge is 0.465 e. The number of hydrogen-bond acceptors (Lipinski definition) is 4. The molecule has 1 aromatic rings. The molecule has 0 fully saturated rings. The molecular formula is C12H16F2N2O2. The zero-order chi connectivity index (χ0) is 13.8. The molecule has 6 heteroatoms. The summed E-state index contributed by atoms with van der Waals surface area (Å²) in [4.78, 5) is 19.6. The van der Waals surface area contributed by atoms with Gasteiger partial charge in [-0.25, -0.2) is 18.7 Å². The van der Waals surface area contributed by atoms with E-state index in [2.05, 4.69) is 9.97 Å². The van der Waals surface area contributed by atoms with E-state index in [1.54, 1.807) is 20.8 Å². The van der Waals surface area contributed by atoms with Crippen LogP contribution in [0.3, 0.4) is 0 Å². The summed E-state index contributed by atoms with van der Waals surface area (Å²) in [6, 6.07) is 0. The van der Waals surface area contributed by atoms with Gasteiger partial charge in [-0.3, -0.25) is 4.79 Å². The second kappa shape index (κ2) is 5.84. The van der Waals surface area contributed by atoms with Gasteiger partial charge in [-0.1, -0.05) is 0 Å². The molecule has 0 saturated carbocycles. The Bertz CT molecular complexity index is 405. The lowest BCUT2D eigenvalue weighted by molar-refractivity contribution is -0.149. The number of carbonyl (C=O) groups is 1. The second-order valence-corrected chi connectivity index (χ2v) is 4.36. The molecule has 100 valence electrons. The highest BCUT2D eigenvalue weighted by Gasteiger charge is 2.34. The van der Waals surface area contributed by atoms with E-state index in [0.29, 0.717) is 5.56 Å². The third-order valence-electron chi connectivity index (χ3n) is 2.44. The molecule has 0 unspecified atom stereocenters. The molecule has 0 aromatic carbocycles. The van der Waals surface area contributed by atoms with Crippen LogP contribution in [-0.2, 0) is 21.4 Å². The maximum absolute atomic E-state index is 12.2. The van der Waals surface area contributed by atoms with Gasteiger partial charge in [0.1, 0.15) is 11.2 Å². The molecule has 1 heterocycles. The Kier molecular flexibility index (Phi) is 4.69. The Labute approximate surface area is 104 Å². The van der Waals surface area contributed by atoms with Gasteiger partial charge in [-0.15, -0.1) is 0 Å². The van der Waals surface area contributed by atoms with Crippen molar-refractivity contribution in [2.24, 2.45) is 0 Å². The number of rotatable bonds is 5. The van der Waals surface area contributed by atoms with Gasteiger partial charge in [0, 0.05) is 18.8 Å². The first-order valence-electron chi connectivity index (χ1n) is 5.64. The summed E-state index contributed by atoms with van der Waals surface area (Å²) in [7, 11) is 0. The average molecular weight is 258 g/mol. The number of aromatic nitrogens is 2. The van der Waals surface area contributed by atoms with E-state index >= 15 is 0 Å². The first kappa shape index (κ1) is 14.5. The van der Waals surface area contributed by atoms with Crippen molar-refractivity contribution in [1.29, 1.82) is 0 Å². The van der Waals surface area contributed by atoms with Gasteiger partial charge < -0.3 is 4.74 Å². The fourth-order valence-electron chi connectivity index (χ4n) is 1.36. The molecule has 1 rings (SSSR count). The molecule has 18 heavy (non-hydrogen) atoms. The van der Waals surface area contributed by atoms with Crippen LogP contribution in [0.15, 0.2) is 12.4 Å². The smallest absolute Gasteiger partial charge is 0.319 e. The van der Waals surface area contributed by atoms with Gasteiger partial charge in [0.15, 0.2) is 0 Å². The van der Waals surface area contributed by atoms with Crippen LogP contribution in [-0.4, -0.2) is 29.0 Å². The van der Waals surface area contributed by atoms with Gasteiger partial charge in [0.05, 0.1) is 6.61 Å². The number of ether oxygens (including phenoxy) is 1. The zero-order valence-electron chi connectivity index (χ0n) is 10.6. The van der Waals surface area contributed by atoms with Crippen molar-refractivity contribution in [2.45, 2.75) is 39.0 Å². The van der Waals surface area contributed by atoms with Gasteiger partial charge in [-0.2, -0.15) is 0 Å². The molecule has 0 atom stereocenters. The van der Waals surface area contributed by atoms with E-state index in [4.69, 9.17) is 4.74 Å². The maximum Gasteiger partial charge on any atom is 0.319 e. The molecule has 0 aliphatic heterocycles. The quantitative estimate of drug-likeness (QED) is 0.759. The summed E-state index contributed by atoms with van der Waals surface area (Å²) in [6.45, 7) is 5.24. The summed E-state index contributed by atoms with van der Waals surface area (Å²) < 4.78 is 29.2. The van der Waals surface area contributed by atoms with Crippen LogP contribution in [0.1, 0.15) is 32.2 Å². The fourth-order valence-corrected chi connectivity index (χ4v) is 1.36. The Balaban J connectivity index is 2.86. The van der Waals surface area contributed by atoms with Crippen molar-refractivity contribution >= 4 is 5.97 Å². The summed E-state index contributed by atoms with van der Waals surface area (Å²) in [5, 5.41) is 0. The lowest BCUT2D eigenvalue weighted by Gasteiger charge is -2.20. The van der Waals surface area contributed by atoms with E-state index < -0.39 is 17.8 Å². The second-order valence-electron chi connectivity index (χ2n) is 4.36. The first-order valence-corrected chi connectivity index (χ1v) is 5.64. The molecule has 0 radical (unpaired) electrons. The lowest BCUT2D eigenvalue weighted by Crippen LogP contribution is -2.33. The van der Waals surface area contributed by atoms with Crippen LogP contribution >= 0.6 is 0 Å². The van der Waals surface area contributed by atoms with Crippen LogP contribution in [0.25, 0.3) is 0 Å². The molecule has 0 saturated heterocycles. The molecule has 4 nitrogen and oxygen atoms in total. The Morgan fingerprint density at radius 2 is 1.94 bits per heavy atom. The standard InChI is InChI=1S/C12H16F2N2O2/c1-4-18-11(17)12(2,3)10-15-6-8(7-16-10)5-9(13)14/h6-7,9H,4-5H2,1-3H3. The van der Waals surface area contributed by atoms with Gasteiger partial charge in [0.25, 0.3) is 0 Å². The number of carbonyl (C=O) groups excluding carboxylic acids is 1. The van der Waals surface area contributed by atoms with Crippen molar-refractivity contribution in [2.75, 3.05) is 6.61 Å². The van der Waals surface area contributed by atoms with Crippen LogP contribution in [0.4, 0.5) is 8.78 Å². The average Bonchev–Trinajstić information content (AvgIpc) is 2.29. The number of hydrogen-bond donors (Lipinski definition) is 0. The summed E-state index contributed by atoms with van der Waals surface area (Å²) in [6.07, 6.45) is -0.192. The van der Waals surface area contributed by atoms with Crippen molar-refractivity contribution in [1.82, 2.24) is 9.97 Å². The minimum absolute atomic E-state index is 0.263. The highest BCUT2D eigenvalue weighted by molar-refractivity contribution is 5.80. The Morgan fingerprint density at radius 3 is 2.39 bits per heavy atom. The highest BCUT2D eigenvalue weighted by Crippen LogP contribution is 2.21. The Hall–Kier alpha value is -1.59. The normalized spacial score (nSPS) is 11.7. The van der Waals surface area contributed by atoms with Crippen LogP contribution in [0.5, 0.6) is 0 Å². The fraction of sp³-hybridized carbons (Fsp3) is 0.583. The first-order chi connectivity index (χ1) is 8.37. The van der Waals surface area contributed by atoms with Gasteiger partial charge in [-0.05, 0) is 26.3 Å². The van der Waals surface area contributed by atoms with Crippen LogP contribution in [0.2, 0.25) is 0 Å². The van der Waals surface area contributed by atoms with Crippen molar-refractivity contribution < 1.29 is 18.3 Å². The monoisotopic (exact) mass is 258 g/mol. The van der Waals surface area contributed by atoms with Crippen molar-refractivity contribution in [3.8, 4) is 0 Å². The molecule has 0 spiro atoms. The van der Waals surface area contributed by atoms with Crippen molar-refractivity contribution in [3.05, 3.63) is 23.8 Å². The van der Waals surface area contributed by atoms with E-state index in [-0.39, 0.29) is 18.9 Å². The van der Waals surface area contributed by atoms with Crippen LogP contribution in [0, 0.1) is 0 Å². The summed E-state index contributed by atoms with van der Waals surface area (Å²) in [5.41, 5.74) is -0.646. The predicted molar refractivity (Wildman–Crippen MR) is 61.4 cm³/mol. The maximum atomic E-state index is 12.2. The van der Waals surface area contributed by atoms with Crippen LogP contribution < -0.4 is 0 Å². The highest BCUT2D eigenvalue weighted by atomic mass is 19.3. The summed E-state index contributed by atoms with van der Waals surface area (Å²) >= 11 is 0. The molecule has 0 N–H and O–H groups in total. The third kappa shape index (κ3) is 3.45. The zero-order valence-corrected chi connectivity index (χ0v) is 10.6. The summed E-state index contributed by atoms with van der Waals surface area (Å²) in [5.74, 6) is -0.175. The minimum atomic E-state index is -2.43. The van der Waals surface area contributed by atoms with Crippen molar-refractivity contribution in [3.63, 3.8) is 0 Å².